The van der Waals surface area contributed by atoms with Crippen molar-refractivity contribution in [2.24, 2.45) is 0 Å². The molecule has 0 saturated heterocycles. The van der Waals surface area contributed by atoms with Gasteiger partial charge in [-0.3, -0.25) is 0 Å². The summed E-state index contributed by atoms with van der Waals surface area (Å²) in [6.45, 7) is 0. The molecule has 1 nitrogen and oxygen atoms in total. The number of ether oxygens (including phenoxy) is 1. The molecular weight excluding hydrogens is 467 g/mol. The molecule has 2 aromatic rings. The van der Waals surface area contributed by atoms with Crippen LogP contribution in [0.25, 0.3) is 0 Å². The molecule has 0 N–H and O–H groups in total. The van der Waals surface area contributed by atoms with Crippen LogP contribution < -0.4 is 4.74 Å². The van der Waals surface area contributed by atoms with E-state index in [1.165, 1.54) is 4.88 Å². The first-order chi connectivity index (χ1) is 8.52. The molecule has 0 amide bonds. The zero-order chi connectivity index (χ0) is 13.3. The molecule has 1 unspecified atom stereocenters. The monoisotopic (exact) mass is 472 g/mol. The fraction of sp³-hybridized carbons (Fsp3) is 0.167. The number of thiophene rings is 1. The third-order valence-corrected chi connectivity index (χ3v) is 7.32. The van der Waals surface area contributed by atoms with Crippen molar-refractivity contribution in [1.82, 2.24) is 0 Å². The summed E-state index contributed by atoms with van der Waals surface area (Å²) in [5, 5.41) is 0.620. The average Bonchev–Trinajstić information content (AvgIpc) is 2.68. The Hall–Kier alpha value is 0.450. The second kappa shape index (κ2) is 6.27. The largest absolute Gasteiger partial charge is 0.495 e. The standard InChI is InChI=1S/C12H8Br3ClOS/c1-17-9-3-2-6(4-8(9)16)11(14)10-5-7(13)12(15)18-10/h2-5,11H,1H3. The molecule has 2 rings (SSSR count). The number of rotatable bonds is 3. The number of hydrogen-bond donors (Lipinski definition) is 0. The van der Waals surface area contributed by atoms with Gasteiger partial charge in [0.15, 0.2) is 0 Å². The fourth-order valence-corrected chi connectivity index (χ4v) is 4.55. The van der Waals surface area contributed by atoms with Crippen molar-refractivity contribution >= 4 is 70.7 Å². The summed E-state index contributed by atoms with van der Waals surface area (Å²) in [4.78, 5) is 1.32. The Morgan fingerprint density at radius 1 is 1.28 bits per heavy atom. The summed E-state index contributed by atoms with van der Waals surface area (Å²) in [5.74, 6) is 0.689. The van der Waals surface area contributed by atoms with E-state index in [9.17, 15) is 0 Å². The van der Waals surface area contributed by atoms with Gasteiger partial charge < -0.3 is 4.74 Å². The number of alkyl halides is 1. The molecule has 0 spiro atoms. The third kappa shape index (κ3) is 3.12. The lowest BCUT2D eigenvalue weighted by molar-refractivity contribution is 0.415. The number of hydrogen-bond acceptors (Lipinski definition) is 2. The Bertz CT molecular complexity index is 551. The second-order valence-corrected chi connectivity index (χ2v) is 8.11. The summed E-state index contributed by atoms with van der Waals surface area (Å²) in [5.41, 5.74) is 1.10. The molecule has 18 heavy (non-hydrogen) atoms. The highest BCUT2D eigenvalue weighted by molar-refractivity contribution is 9.13. The predicted octanol–water partition coefficient (Wildman–Crippen LogP) is 6.42. The van der Waals surface area contributed by atoms with Crippen LogP contribution in [0.4, 0.5) is 0 Å². The molecule has 0 radical (unpaired) electrons. The van der Waals surface area contributed by atoms with E-state index in [-0.39, 0.29) is 4.83 Å². The maximum absolute atomic E-state index is 6.14. The Labute approximate surface area is 140 Å². The smallest absolute Gasteiger partial charge is 0.137 e. The van der Waals surface area contributed by atoms with Gasteiger partial charge in [0.1, 0.15) is 5.75 Å². The topological polar surface area (TPSA) is 9.23 Å². The zero-order valence-corrected chi connectivity index (χ0v) is 15.5. The number of halogens is 4. The molecule has 0 bridgehead atoms. The van der Waals surface area contributed by atoms with E-state index in [2.05, 4.69) is 53.9 Å². The minimum absolute atomic E-state index is 0.119. The van der Waals surface area contributed by atoms with Crippen LogP contribution in [0.3, 0.4) is 0 Å². The first-order valence-electron chi connectivity index (χ1n) is 4.95. The molecule has 0 fully saturated rings. The zero-order valence-electron chi connectivity index (χ0n) is 9.22. The Kier molecular flexibility index (Phi) is 5.17. The van der Waals surface area contributed by atoms with Crippen LogP contribution in [0.15, 0.2) is 32.5 Å². The van der Waals surface area contributed by atoms with E-state index in [1.54, 1.807) is 18.4 Å². The van der Waals surface area contributed by atoms with Crippen molar-refractivity contribution in [2.45, 2.75) is 4.83 Å². The van der Waals surface area contributed by atoms with Crippen LogP contribution in [-0.2, 0) is 0 Å². The Morgan fingerprint density at radius 2 is 2.00 bits per heavy atom. The molecule has 0 aliphatic carbocycles. The minimum atomic E-state index is 0.119. The lowest BCUT2D eigenvalue weighted by Gasteiger charge is -2.10. The lowest BCUT2D eigenvalue weighted by atomic mass is 10.1. The molecule has 0 saturated carbocycles. The molecule has 1 aromatic heterocycles. The lowest BCUT2D eigenvalue weighted by Crippen LogP contribution is -1.91. The van der Waals surface area contributed by atoms with Crippen molar-refractivity contribution < 1.29 is 4.74 Å². The van der Waals surface area contributed by atoms with E-state index in [1.807, 2.05) is 18.2 Å². The van der Waals surface area contributed by atoms with E-state index >= 15 is 0 Å². The molecule has 96 valence electrons. The first kappa shape index (κ1) is 14.9. The minimum Gasteiger partial charge on any atom is -0.495 e. The highest BCUT2D eigenvalue weighted by atomic mass is 79.9. The normalized spacial score (nSPS) is 12.5. The van der Waals surface area contributed by atoms with Gasteiger partial charge >= 0.3 is 0 Å². The van der Waals surface area contributed by atoms with E-state index < -0.39 is 0 Å². The second-order valence-electron chi connectivity index (χ2n) is 3.53. The van der Waals surface area contributed by atoms with Crippen molar-refractivity contribution in [3.63, 3.8) is 0 Å². The van der Waals surface area contributed by atoms with Crippen LogP contribution >= 0.6 is 70.7 Å². The third-order valence-electron chi connectivity index (χ3n) is 2.38. The SMILES string of the molecule is COc1ccc(C(Br)c2cc(Br)c(Br)s2)cc1Cl. The van der Waals surface area contributed by atoms with Crippen LogP contribution in [-0.4, -0.2) is 7.11 Å². The molecular formula is C12H8Br3ClOS. The number of methoxy groups -OCH3 is 1. The average molecular weight is 475 g/mol. The van der Waals surface area contributed by atoms with Gasteiger partial charge in [-0.15, -0.1) is 11.3 Å². The van der Waals surface area contributed by atoms with Gasteiger partial charge in [0.25, 0.3) is 0 Å². The number of benzene rings is 1. The molecule has 1 atom stereocenters. The van der Waals surface area contributed by atoms with Gasteiger partial charge in [0, 0.05) is 9.35 Å². The van der Waals surface area contributed by atoms with Crippen LogP contribution in [0.2, 0.25) is 5.02 Å². The molecule has 0 aliphatic heterocycles. The maximum atomic E-state index is 6.14. The fourth-order valence-electron chi connectivity index (χ4n) is 1.49. The first-order valence-corrected chi connectivity index (χ1v) is 8.64. The highest BCUT2D eigenvalue weighted by Gasteiger charge is 2.16. The van der Waals surface area contributed by atoms with E-state index in [4.69, 9.17) is 16.3 Å². The maximum Gasteiger partial charge on any atom is 0.137 e. The van der Waals surface area contributed by atoms with Gasteiger partial charge in [-0.05, 0) is 55.6 Å². The summed E-state index contributed by atoms with van der Waals surface area (Å²) in [7, 11) is 1.61. The van der Waals surface area contributed by atoms with Crippen molar-refractivity contribution in [3.8, 4) is 5.75 Å². The molecule has 0 aliphatic rings. The molecule has 1 heterocycles. The van der Waals surface area contributed by atoms with Gasteiger partial charge in [-0.1, -0.05) is 33.6 Å². The molecule has 1 aromatic carbocycles. The van der Waals surface area contributed by atoms with E-state index in [0.717, 1.165) is 13.8 Å². The summed E-state index contributed by atoms with van der Waals surface area (Å²) >= 11 is 18.5. The summed E-state index contributed by atoms with van der Waals surface area (Å²) in [6.07, 6.45) is 0. The Balaban J connectivity index is 2.33. The van der Waals surface area contributed by atoms with Gasteiger partial charge in [0.2, 0.25) is 0 Å². The predicted molar refractivity (Wildman–Crippen MR) is 88.5 cm³/mol. The van der Waals surface area contributed by atoms with E-state index in [0.29, 0.717) is 10.8 Å². The van der Waals surface area contributed by atoms with Crippen molar-refractivity contribution in [2.75, 3.05) is 7.11 Å². The summed E-state index contributed by atoms with van der Waals surface area (Å²) in [6, 6.07) is 7.89. The van der Waals surface area contributed by atoms with Gasteiger partial charge in [-0.2, -0.15) is 0 Å². The van der Waals surface area contributed by atoms with Gasteiger partial charge in [-0.25, -0.2) is 0 Å². The van der Waals surface area contributed by atoms with Crippen LogP contribution in [0.5, 0.6) is 5.75 Å². The van der Waals surface area contributed by atoms with Gasteiger partial charge in [0.05, 0.1) is 20.7 Å². The van der Waals surface area contributed by atoms with Crippen molar-refractivity contribution in [1.29, 1.82) is 0 Å². The van der Waals surface area contributed by atoms with Crippen molar-refractivity contribution in [3.05, 3.63) is 48.0 Å². The Morgan fingerprint density at radius 3 is 2.50 bits per heavy atom. The molecule has 6 heteroatoms. The quantitative estimate of drug-likeness (QED) is 0.466. The van der Waals surface area contributed by atoms with Crippen LogP contribution in [0, 0.1) is 0 Å². The van der Waals surface area contributed by atoms with Crippen LogP contribution in [0.1, 0.15) is 15.3 Å². The summed E-state index contributed by atoms with van der Waals surface area (Å²) < 4.78 is 7.30. The highest BCUT2D eigenvalue weighted by Crippen LogP contribution is 2.42.